The second kappa shape index (κ2) is 7.75. The first-order chi connectivity index (χ1) is 14.3. The summed E-state index contributed by atoms with van der Waals surface area (Å²) in [6, 6.07) is 12.8. The van der Waals surface area contributed by atoms with Crippen LogP contribution < -0.4 is 5.73 Å². The Balaban J connectivity index is 1.49. The first-order valence-corrected chi connectivity index (χ1v) is 11.1. The third-order valence-corrected chi connectivity index (χ3v) is 7.46. The summed E-state index contributed by atoms with van der Waals surface area (Å²) in [5.41, 5.74) is 6.29. The summed E-state index contributed by atoms with van der Waals surface area (Å²) in [7, 11) is -2.12. The number of aromatic hydroxyl groups is 1. The zero-order valence-corrected chi connectivity index (χ0v) is 17.5. The average molecular weight is 429 g/mol. The van der Waals surface area contributed by atoms with Gasteiger partial charge in [0.05, 0.1) is 0 Å². The molecule has 0 atom stereocenters. The van der Waals surface area contributed by atoms with Crippen LogP contribution in [0.25, 0.3) is 10.8 Å². The Morgan fingerprint density at radius 2 is 1.80 bits per heavy atom. The molecule has 158 valence electrons. The van der Waals surface area contributed by atoms with E-state index in [9.17, 15) is 18.3 Å². The molecule has 8 nitrogen and oxygen atoms in total. The van der Waals surface area contributed by atoms with Gasteiger partial charge >= 0.3 is 0 Å². The highest BCUT2D eigenvalue weighted by molar-refractivity contribution is 7.89. The van der Waals surface area contributed by atoms with Crippen molar-refractivity contribution in [2.24, 2.45) is 12.8 Å². The summed E-state index contributed by atoms with van der Waals surface area (Å²) in [4.78, 5) is 13.6. The van der Waals surface area contributed by atoms with Crippen molar-refractivity contribution in [1.82, 2.24) is 13.8 Å². The van der Waals surface area contributed by atoms with Crippen LogP contribution in [0.2, 0.25) is 0 Å². The minimum atomic E-state index is -3.71. The molecule has 0 unspecified atom stereocenters. The van der Waals surface area contributed by atoms with Crippen LogP contribution in [0.3, 0.4) is 0 Å². The first-order valence-electron chi connectivity index (χ1n) is 9.65. The van der Waals surface area contributed by atoms with Gasteiger partial charge in [0.2, 0.25) is 10.0 Å². The van der Waals surface area contributed by atoms with Gasteiger partial charge in [0.1, 0.15) is 16.3 Å². The van der Waals surface area contributed by atoms with E-state index in [-0.39, 0.29) is 16.3 Å². The number of phenols is 1. The number of phenolic OH excluding ortho intramolecular Hbond substituents is 1. The number of fused-ring (bicyclic) bond motifs is 1. The fourth-order valence-corrected chi connectivity index (χ4v) is 5.41. The molecule has 0 spiro atoms. The fourth-order valence-electron chi connectivity index (χ4n) is 3.91. The van der Waals surface area contributed by atoms with Gasteiger partial charge < -0.3 is 15.4 Å². The number of primary amides is 1. The number of carbonyl (C=O) groups is 1. The lowest BCUT2D eigenvalue weighted by molar-refractivity contribution is 0.0992. The van der Waals surface area contributed by atoms with E-state index < -0.39 is 15.9 Å². The highest BCUT2D eigenvalue weighted by Crippen LogP contribution is 2.29. The molecule has 2 heterocycles. The Morgan fingerprint density at radius 1 is 1.10 bits per heavy atom. The predicted molar refractivity (Wildman–Crippen MR) is 114 cm³/mol. The van der Waals surface area contributed by atoms with Gasteiger partial charge in [0.25, 0.3) is 5.91 Å². The highest BCUT2D eigenvalue weighted by Gasteiger charge is 2.30. The van der Waals surface area contributed by atoms with Crippen molar-refractivity contribution in [3.8, 4) is 5.75 Å². The number of sulfonamides is 1. The lowest BCUT2D eigenvalue weighted by Crippen LogP contribution is -2.48. The van der Waals surface area contributed by atoms with E-state index in [0.717, 1.165) is 16.3 Å². The van der Waals surface area contributed by atoms with Crippen LogP contribution in [-0.4, -0.2) is 59.4 Å². The molecule has 4 rings (SSSR count). The third kappa shape index (κ3) is 3.67. The molecule has 3 N–H and O–H groups in total. The molecule has 3 aromatic rings. The number of piperazine rings is 1. The normalized spacial score (nSPS) is 16.2. The van der Waals surface area contributed by atoms with Crippen LogP contribution in [-0.2, 0) is 23.6 Å². The van der Waals surface area contributed by atoms with Crippen molar-refractivity contribution in [2.45, 2.75) is 11.4 Å². The molecule has 1 aliphatic rings. The van der Waals surface area contributed by atoms with Gasteiger partial charge in [-0.1, -0.05) is 30.3 Å². The van der Waals surface area contributed by atoms with Crippen molar-refractivity contribution in [2.75, 3.05) is 26.2 Å². The second-order valence-corrected chi connectivity index (χ2v) is 9.44. The maximum Gasteiger partial charge on any atom is 0.265 e. The molecule has 2 aromatic carbocycles. The minimum Gasteiger partial charge on any atom is -0.508 e. The van der Waals surface area contributed by atoms with E-state index in [2.05, 4.69) is 4.90 Å². The average Bonchev–Trinajstić information content (AvgIpc) is 3.13. The standard InChI is InChI=1S/C21H24N4O4S/c1-23-13-16(12-19(23)21(22)27)30(28,29)25-10-8-24(9-11-25)14-18-17-5-3-2-4-15(17)6-7-20(18)26/h2-7,12-13,26H,8-11,14H2,1H3,(H2,22,27). The number of rotatable bonds is 5. The Labute approximate surface area is 175 Å². The summed E-state index contributed by atoms with van der Waals surface area (Å²) in [5, 5.41) is 12.4. The van der Waals surface area contributed by atoms with Crippen molar-refractivity contribution in [3.05, 3.63) is 59.9 Å². The second-order valence-electron chi connectivity index (χ2n) is 7.50. The zero-order valence-electron chi connectivity index (χ0n) is 16.7. The number of nitrogens with two attached hydrogens (primary N) is 1. The maximum absolute atomic E-state index is 13.0. The number of nitrogens with zero attached hydrogens (tertiary/aromatic N) is 3. The summed E-state index contributed by atoms with van der Waals surface area (Å²) in [5.74, 6) is -0.425. The van der Waals surface area contributed by atoms with E-state index >= 15 is 0 Å². The molecule has 9 heteroatoms. The van der Waals surface area contributed by atoms with Gasteiger partial charge in [-0.3, -0.25) is 9.69 Å². The van der Waals surface area contributed by atoms with Crippen molar-refractivity contribution >= 4 is 26.7 Å². The van der Waals surface area contributed by atoms with Crippen molar-refractivity contribution in [3.63, 3.8) is 0 Å². The Bertz CT molecular complexity index is 1210. The zero-order chi connectivity index (χ0) is 21.5. The molecule has 1 aliphatic heterocycles. The molecule has 0 aliphatic carbocycles. The van der Waals surface area contributed by atoms with Crippen LogP contribution in [0, 0.1) is 0 Å². The van der Waals surface area contributed by atoms with Crippen LogP contribution in [0.5, 0.6) is 5.75 Å². The molecule has 0 bridgehead atoms. The largest absolute Gasteiger partial charge is 0.508 e. The van der Waals surface area contributed by atoms with Gasteiger partial charge in [0, 0.05) is 51.5 Å². The van der Waals surface area contributed by atoms with Gasteiger partial charge in [0.15, 0.2) is 0 Å². The Hall–Kier alpha value is -2.88. The van der Waals surface area contributed by atoms with Gasteiger partial charge in [-0.25, -0.2) is 8.42 Å². The fraction of sp³-hybridized carbons (Fsp3) is 0.286. The van der Waals surface area contributed by atoms with Crippen LogP contribution in [0.4, 0.5) is 0 Å². The van der Waals surface area contributed by atoms with Gasteiger partial charge in [-0.15, -0.1) is 0 Å². The number of benzene rings is 2. The summed E-state index contributed by atoms with van der Waals surface area (Å²) < 4.78 is 28.8. The molecular weight excluding hydrogens is 404 g/mol. The minimum absolute atomic E-state index is 0.0685. The molecule has 1 fully saturated rings. The molecule has 0 saturated carbocycles. The van der Waals surface area contributed by atoms with E-state index in [4.69, 9.17) is 5.73 Å². The number of aromatic nitrogens is 1. The van der Waals surface area contributed by atoms with Gasteiger partial charge in [-0.05, 0) is 22.9 Å². The quantitative estimate of drug-likeness (QED) is 0.640. The van der Waals surface area contributed by atoms with Crippen molar-refractivity contribution in [1.29, 1.82) is 0 Å². The SMILES string of the molecule is Cn1cc(S(=O)(=O)N2CCN(Cc3c(O)ccc4ccccc34)CC2)cc1C(N)=O. The van der Waals surface area contributed by atoms with E-state index in [1.54, 1.807) is 13.1 Å². The van der Waals surface area contributed by atoms with Gasteiger partial charge in [-0.2, -0.15) is 4.31 Å². The van der Waals surface area contributed by atoms with Crippen LogP contribution >= 0.6 is 0 Å². The van der Waals surface area contributed by atoms with E-state index in [0.29, 0.717) is 32.7 Å². The Morgan fingerprint density at radius 3 is 2.47 bits per heavy atom. The molecule has 1 saturated heterocycles. The summed E-state index contributed by atoms with van der Waals surface area (Å²) >= 11 is 0. The maximum atomic E-state index is 13.0. The molecule has 0 radical (unpaired) electrons. The van der Waals surface area contributed by atoms with Crippen molar-refractivity contribution < 1.29 is 18.3 Å². The summed E-state index contributed by atoms with van der Waals surface area (Å²) in [6.45, 7) is 2.27. The van der Waals surface area contributed by atoms with Crippen LogP contribution in [0.1, 0.15) is 16.1 Å². The predicted octanol–water partition coefficient (Wildman–Crippen LogP) is 1.49. The number of aryl methyl sites for hydroxylation is 1. The Kier molecular flexibility index (Phi) is 5.27. The molecular formula is C21H24N4O4S. The number of carbonyl (C=O) groups excluding carboxylic acids is 1. The lowest BCUT2D eigenvalue weighted by Gasteiger charge is -2.34. The highest BCUT2D eigenvalue weighted by atomic mass is 32.2. The molecule has 1 aromatic heterocycles. The molecule has 1 amide bonds. The monoisotopic (exact) mass is 428 g/mol. The smallest absolute Gasteiger partial charge is 0.265 e. The number of amides is 1. The topological polar surface area (TPSA) is 109 Å². The number of hydrogen-bond acceptors (Lipinski definition) is 5. The first kappa shape index (κ1) is 20.4. The lowest BCUT2D eigenvalue weighted by atomic mass is 10.0. The van der Waals surface area contributed by atoms with E-state index in [1.165, 1.54) is 21.1 Å². The third-order valence-electron chi connectivity index (χ3n) is 5.60. The summed E-state index contributed by atoms with van der Waals surface area (Å²) in [6.07, 6.45) is 1.41. The molecule has 30 heavy (non-hydrogen) atoms. The number of hydrogen-bond donors (Lipinski definition) is 2. The van der Waals surface area contributed by atoms with Crippen LogP contribution in [0.15, 0.2) is 53.6 Å². The van der Waals surface area contributed by atoms with E-state index in [1.807, 2.05) is 30.3 Å².